The number of nitrogens with zero attached hydrogens (tertiary/aromatic N) is 4. The third kappa shape index (κ3) is 2.63. The molecule has 0 saturated heterocycles. The largest absolute Gasteiger partial charge is 0.276 e. The van der Waals surface area contributed by atoms with E-state index in [1.807, 2.05) is 6.07 Å². The molecule has 0 saturated carbocycles. The van der Waals surface area contributed by atoms with Crippen LogP contribution in [0.25, 0.3) is 11.6 Å². The molecular weight excluding hydrogens is 246 g/mol. The molecule has 19 heavy (non-hydrogen) atoms. The van der Waals surface area contributed by atoms with E-state index in [2.05, 4.69) is 15.2 Å². The second-order valence-electron chi connectivity index (χ2n) is 3.73. The number of nitriles is 1. The van der Waals surface area contributed by atoms with E-state index in [9.17, 15) is 10.1 Å². The maximum absolute atomic E-state index is 10.9. The van der Waals surface area contributed by atoms with Crippen LogP contribution in [0, 0.1) is 28.4 Å². The van der Waals surface area contributed by atoms with Gasteiger partial charge in [-0.05, 0) is 19.1 Å². The topological polar surface area (TPSA) is 108 Å². The van der Waals surface area contributed by atoms with Crippen molar-refractivity contribution < 1.29 is 4.92 Å². The van der Waals surface area contributed by atoms with Crippen molar-refractivity contribution in [2.24, 2.45) is 0 Å². The highest BCUT2D eigenvalue weighted by atomic mass is 16.6. The Hall–Kier alpha value is -3.01. The molecule has 0 aliphatic heterocycles. The maximum atomic E-state index is 10.9. The van der Waals surface area contributed by atoms with Crippen molar-refractivity contribution in [3.8, 4) is 6.07 Å². The lowest BCUT2D eigenvalue weighted by atomic mass is 10.1. The summed E-state index contributed by atoms with van der Waals surface area (Å²) in [6, 6.07) is 8.11. The Kier molecular flexibility index (Phi) is 3.34. The van der Waals surface area contributed by atoms with Crippen molar-refractivity contribution >= 4 is 17.3 Å². The zero-order valence-corrected chi connectivity index (χ0v) is 9.99. The highest BCUT2D eigenvalue weighted by Crippen LogP contribution is 2.22. The normalized spacial score (nSPS) is 11.1. The second kappa shape index (κ2) is 5.10. The third-order valence-electron chi connectivity index (χ3n) is 2.39. The summed E-state index contributed by atoms with van der Waals surface area (Å²) in [5.74, 6) is 0.789. The van der Waals surface area contributed by atoms with Gasteiger partial charge >= 0.3 is 0 Å². The van der Waals surface area contributed by atoms with Crippen molar-refractivity contribution in [3.05, 3.63) is 51.6 Å². The lowest BCUT2D eigenvalue weighted by Crippen LogP contribution is -1.92. The Morgan fingerprint density at radius 1 is 1.53 bits per heavy atom. The third-order valence-corrected chi connectivity index (χ3v) is 2.39. The molecule has 2 rings (SSSR count). The Bertz CT molecular complexity index is 696. The minimum Gasteiger partial charge on any atom is -0.263 e. The molecule has 0 bridgehead atoms. The fourth-order valence-corrected chi connectivity index (χ4v) is 1.54. The monoisotopic (exact) mass is 255 g/mol. The molecular formula is C12H9N5O2. The summed E-state index contributed by atoms with van der Waals surface area (Å²) in [6.07, 6.45) is 1.40. The molecule has 2 aromatic rings. The van der Waals surface area contributed by atoms with E-state index >= 15 is 0 Å². The van der Waals surface area contributed by atoms with E-state index < -0.39 is 4.92 Å². The predicted octanol–water partition coefficient (Wildman–Crippen LogP) is 2.09. The van der Waals surface area contributed by atoms with Gasteiger partial charge in [-0.15, -0.1) is 0 Å². The van der Waals surface area contributed by atoms with E-state index in [4.69, 9.17) is 5.26 Å². The fourth-order valence-electron chi connectivity index (χ4n) is 1.54. The average molecular weight is 255 g/mol. The SMILES string of the molecule is Cc1nc(/C(C#N)=C/c2ccccc2[N+](=O)[O-])n[nH]1. The lowest BCUT2D eigenvalue weighted by molar-refractivity contribution is -0.385. The van der Waals surface area contributed by atoms with Gasteiger partial charge in [-0.25, -0.2) is 4.98 Å². The molecule has 0 atom stereocenters. The van der Waals surface area contributed by atoms with E-state index in [0.29, 0.717) is 11.4 Å². The van der Waals surface area contributed by atoms with Gasteiger partial charge in [0, 0.05) is 6.07 Å². The van der Waals surface area contributed by atoms with Crippen molar-refractivity contribution in [2.75, 3.05) is 0 Å². The Labute approximate surface area is 108 Å². The molecule has 0 fully saturated rings. The number of para-hydroxylation sites is 1. The van der Waals surface area contributed by atoms with E-state index in [1.54, 1.807) is 25.1 Å². The number of aromatic nitrogens is 3. The standard InChI is InChI=1S/C12H9N5O2/c1-8-14-12(16-15-8)10(7-13)6-9-4-2-3-5-11(9)17(18)19/h2-6H,1H3,(H,14,15,16)/b10-6+. The minimum absolute atomic E-state index is 0.0671. The van der Waals surface area contributed by atoms with Crippen molar-refractivity contribution in [2.45, 2.75) is 6.92 Å². The number of benzene rings is 1. The quantitative estimate of drug-likeness (QED) is 0.513. The first-order chi connectivity index (χ1) is 9.11. The summed E-state index contributed by atoms with van der Waals surface area (Å²) in [4.78, 5) is 14.4. The van der Waals surface area contributed by atoms with Gasteiger partial charge in [0.15, 0.2) is 5.82 Å². The number of allylic oxidation sites excluding steroid dienone is 1. The van der Waals surface area contributed by atoms with Crippen LogP contribution in [0.15, 0.2) is 24.3 Å². The first-order valence-corrected chi connectivity index (χ1v) is 5.36. The van der Waals surface area contributed by atoms with Crippen LogP contribution >= 0.6 is 0 Å². The number of nitro groups is 1. The number of nitrogens with one attached hydrogen (secondary N) is 1. The summed E-state index contributed by atoms with van der Waals surface area (Å²) in [5, 5.41) is 26.5. The second-order valence-corrected chi connectivity index (χ2v) is 3.73. The molecule has 1 N–H and O–H groups in total. The summed E-state index contributed by atoms with van der Waals surface area (Å²) in [7, 11) is 0. The molecule has 1 aromatic heterocycles. The molecule has 7 heteroatoms. The van der Waals surface area contributed by atoms with Crippen LogP contribution < -0.4 is 0 Å². The van der Waals surface area contributed by atoms with Crippen LogP contribution in [0.1, 0.15) is 17.2 Å². The van der Waals surface area contributed by atoms with Crippen molar-refractivity contribution in [1.29, 1.82) is 5.26 Å². The highest BCUT2D eigenvalue weighted by Gasteiger charge is 2.13. The lowest BCUT2D eigenvalue weighted by Gasteiger charge is -1.97. The van der Waals surface area contributed by atoms with Gasteiger partial charge in [0.25, 0.3) is 5.69 Å². The van der Waals surface area contributed by atoms with Crippen LogP contribution in [0.3, 0.4) is 0 Å². The fraction of sp³-hybridized carbons (Fsp3) is 0.0833. The van der Waals surface area contributed by atoms with Gasteiger partial charge in [0.2, 0.25) is 0 Å². The maximum Gasteiger partial charge on any atom is 0.276 e. The Balaban J connectivity index is 2.50. The number of rotatable bonds is 3. The number of hydrogen-bond donors (Lipinski definition) is 1. The molecule has 1 aromatic carbocycles. The van der Waals surface area contributed by atoms with Crippen LogP contribution in [0.4, 0.5) is 5.69 Å². The van der Waals surface area contributed by atoms with Gasteiger partial charge in [0.1, 0.15) is 11.9 Å². The zero-order valence-electron chi connectivity index (χ0n) is 9.99. The molecule has 0 unspecified atom stereocenters. The van der Waals surface area contributed by atoms with Crippen molar-refractivity contribution in [1.82, 2.24) is 15.2 Å². The zero-order chi connectivity index (χ0) is 13.8. The first kappa shape index (κ1) is 12.4. The summed E-state index contributed by atoms with van der Waals surface area (Å²) < 4.78 is 0. The minimum atomic E-state index is -0.496. The first-order valence-electron chi connectivity index (χ1n) is 5.36. The van der Waals surface area contributed by atoms with Gasteiger partial charge in [-0.1, -0.05) is 12.1 Å². The molecule has 0 radical (unpaired) electrons. The van der Waals surface area contributed by atoms with E-state index in [1.165, 1.54) is 12.1 Å². The van der Waals surface area contributed by atoms with Crippen molar-refractivity contribution in [3.63, 3.8) is 0 Å². The number of aromatic amines is 1. The van der Waals surface area contributed by atoms with Gasteiger partial charge in [-0.2, -0.15) is 10.4 Å². The van der Waals surface area contributed by atoms with Crippen LogP contribution in [-0.2, 0) is 0 Å². The Morgan fingerprint density at radius 2 is 2.26 bits per heavy atom. The summed E-state index contributed by atoms with van der Waals surface area (Å²) in [6.45, 7) is 1.70. The molecule has 0 aliphatic rings. The number of nitro benzene ring substituents is 1. The molecule has 1 heterocycles. The highest BCUT2D eigenvalue weighted by molar-refractivity contribution is 5.88. The average Bonchev–Trinajstić information content (AvgIpc) is 2.82. The van der Waals surface area contributed by atoms with Crippen LogP contribution in [-0.4, -0.2) is 20.1 Å². The predicted molar refractivity (Wildman–Crippen MR) is 67.7 cm³/mol. The molecule has 0 amide bonds. The Morgan fingerprint density at radius 3 is 2.84 bits per heavy atom. The van der Waals surface area contributed by atoms with Gasteiger partial charge < -0.3 is 0 Å². The van der Waals surface area contributed by atoms with E-state index in [0.717, 1.165) is 0 Å². The number of aryl methyl sites for hydroxylation is 1. The molecule has 7 nitrogen and oxygen atoms in total. The van der Waals surface area contributed by atoms with Crippen LogP contribution in [0.5, 0.6) is 0 Å². The summed E-state index contributed by atoms with van der Waals surface area (Å²) in [5.41, 5.74) is 0.438. The molecule has 94 valence electrons. The number of hydrogen-bond acceptors (Lipinski definition) is 5. The number of H-pyrrole nitrogens is 1. The van der Waals surface area contributed by atoms with Crippen LogP contribution in [0.2, 0.25) is 0 Å². The smallest absolute Gasteiger partial charge is 0.263 e. The summed E-state index contributed by atoms with van der Waals surface area (Å²) >= 11 is 0. The van der Waals surface area contributed by atoms with Gasteiger partial charge in [0.05, 0.1) is 16.1 Å². The van der Waals surface area contributed by atoms with Gasteiger partial charge in [-0.3, -0.25) is 15.2 Å². The van der Waals surface area contributed by atoms with E-state index in [-0.39, 0.29) is 17.1 Å². The molecule has 0 spiro atoms. The molecule has 0 aliphatic carbocycles.